The molecule has 0 aliphatic heterocycles. The van der Waals surface area contributed by atoms with Crippen molar-refractivity contribution < 1.29 is 9.47 Å². The minimum absolute atomic E-state index is 0.366. The normalized spacial score (nSPS) is 23.6. The van der Waals surface area contributed by atoms with Gasteiger partial charge in [-0.1, -0.05) is 12.2 Å². The Labute approximate surface area is 68.2 Å². The minimum Gasteiger partial charge on any atom is -0.353 e. The summed E-state index contributed by atoms with van der Waals surface area (Å²) in [7, 11) is 3.39. The molecule has 0 unspecified atom stereocenters. The van der Waals surface area contributed by atoms with Gasteiger partial charge in [0.05, 0.1) is 0 Å². The molecule has 0 aromatic heterocycles. The number of methoxy groups -OCH3 is 2. The molecule has 0 bridgehead atoms. The molecule has 0 atom stereocenters. The second kappa shape index (κ2) is 3.37. The van der Waals surface area contributed by atoms with Gasteiger partial charge in [0.2, 0.25) is 0 Å². The van der Waals surface area contributed by atoms with E-state index in [0.29, 0.717) is 0 Å². The third-order valence-corrected chi connectivity index (χ3v) is 2.35. The van der Waals surface area contributed by atoms with Gasteiger partial charge >= 0.3 is 0 Å². The second-order valence-corrected chi connectivity index (χ2v) is 3.10. The molecule has 0 radical (unpaired) electrons. The van der Waals surface area contributed by atoms with Gasteiger partial charge in [-0.15, -0.1) is 0 Å². The summed E-state index contributed by atoms with van der Waals surface area (Å²) in [6.07, 6.45) is 4.08. The first-order valence-corrected chi connectivity index (χ1v) is 3.99. The van der Waals surface area contributed by atoms with Gasteiger partial charge in [0.25, 0.3) is 0 Å². The second-order valence-electron chi connectivity index (χ2n) is 3.10. The molecule has 64 valence electrons. The van der Waals surface area contributed by atoms with Gasteiger partial charge in [-0.05, 0) is 12.8 Å². The Balaban J connectivity index is 2.59. The third kappa shape index (κ3) is 1.82. The molecular weight excluding hydrogens is 140 g/mol. The SMILES string of the molecule is C=C1CCCC(OC)(OC)C1. The van der Waals surface area contributed by atoms with Crippen LogP contribution in [0.2, 0.25) is 0 Å². The molecule has 0 N–H and O–H groups in total. The van der Waals surface area contributed by atoms with E-state index < -0.39 is 0 Å². The minimum atomic E-state index is -0.366. The highest BCUT2D eigenvalue weighted by Crippen LogP contribution is 2.33. The smallest absolute Gasteiger partial charge is 0.171 e. The lowest BCUT2D eigenvalue weighted by Crippen LogP contribution is -2.36. The molecule has 11 heavy (non-hydrogen) atoms. The van der Waals surface area contributed by atoms with Crippen LogP contribution in [0.15, 0.2) is 12.2 Å². The first kappa shape index (κ1) is 8.75. The molecule has 0 saturated heterocycles. The number of rotatable bonds is 2. The maximum atomic E-state index is 5.32. The molecule has 0 aromatic rings. The summed E-state index contributed by atoms with van der Waals surface area (Å²) in [5.41, 5.74) is 1.24. The topological polar surface area (TPSA) is 18.5 Å². The van der Waals surface area contributed by atoms with E-state index >= 15 is 0 Å². The predicted octanol–water partition coefficient (Wildman–Crippen LogP) is 2.11. The first-order valence-electron chi connectivity index (χ1n) is 3.99. The van der Waals surface area contributed by atoms with Gasteiger partial charge in [0, 0.05) is 27.1 Å². The number of hydrogen-bond acceptors (Lipinski definition) is 2. The summed E-state index contributed by atoms with van der Waals surface area (Å²) in [5, 5.41) is 0. The van der Waals surface area contributed by atoms with E-state index in [0.717, 1.165) is 25.7 Å². The molecule has 0 heterocycles. The quantitative estimate of drug-likeness (QED) is 0.450. The monoisotopic (exact) mass is 156 g/mol. The van der Waals surface area contributed by atoms with Crippen LogP contribution in [0.5, 0.6) is 0 Å². The Morgan fingerprint density at radius 1 is 1.36 bits per heavy atom. The van der Waals surface area contributed by atoms with Crippen LogP contribution >= 0.6 is 0 Å². The summed E-state index contributed by atoms with van der Waals surface area (Å²) in [4.78, 5) is 0. The van der Waals surface area contributed by atoms with E-state index in [1.807, 2.05) is 0 Å². The van der Waals surface area contributed by atoms with Crippen LogP contribution in [0.1, 0.15) is 25.7 Å². The van der Waals surface area contributed by atoms with Crippen molar-refractivity contribution in [1.29, 1.82) is 0 Å². The Morgan fingerprint density at radius 3 is 2.36 bits per heavy atom. The van der Waals surface area contributed by atoms with Gasteiger partial charge < -0.3 is 9.47 Å². The first-order chi connectivity index (χ1) is 5.22. The number of ether oxygens (including phenoxy) is 2. The fraction of sp³-hybridized carbons (Fsp3) is 0.778. The molecule has 1 aliphatic carbocycles. The van der Waals surface area contributed by atoms with E-state index in [9.17, 15) is 0 Å². The lowest BCUT2D eigenvalue weighted by molar-refractivity contribution is -0.214. The summed E-state index contributed by atoms with van der Waals surface area (Å²) < 4.78 is 10.6. The standard InChI is InChI=1S/C9H16O2/c1-8-5-4-6-9(7-8,10-2)11-3/h1,4-7H2,2-3H3. The fourth-order valence-electron chi connectivity index (χ4n) is 1.60. The Morgan fingerprint density at radius 2 is 2.00 bits per heavy atom. The Bertz CT molecular complexity index is 148. The predicted molar refractivity (Wildman–Crippen MR) is 44.4 cm³/mol. The molecule has 0 aromatic carbocycles. The zero-order valence-electron chi connectivity index (χ0n) is 7.35. The van der Waals surface area contributed by atoms with Crippen molar-refractivity contribution >= 4 is 0 Å². The molecule has 0 spiro atoms. The molecule has 2 heteroatoms. The van der Waals surface area contributed by atoms with E-state index in [4.69, 9.17) is 9.47 Å². The lowest BCUT2D eigenvalue weighted by Gasteiger charge is -2.35. The maximum absolute atomic E-state index is 5.32. The largest absolute Gasteiger partial charge is 0.353 e. The Kier molecular flexibility index (Phi) is 2.68. The average molecular weight is 156 g/mol. The van der Waals surface area contributed by atoms with Crippen molar-refractivity contribution in [3.63, 3.8) is 0 Å². The highest BCUT2D eigenvalue weighted by atomic mass is 16.7. The summed E-state index contributed by atoms with van der Waals surface area (Å²) in [5.74, 6) is -0.366. The van der Waals surface area contributed by atoms with Gasteiger partial charge in [-0.2, -0.15) is 0 Å². The molecule has 1 fully saturated rings. The fourth-order valence-corrected chi connectivity index (χ4v) is 1.60. The van der Waals surface area contributed by atoms with E-state index in [-0.39, 0.29) is 5.79 Å². The van der Waals surface area contributed by atoms with E-state index in [2.05, 4.69) is 6.58 Å². The number of hydrogen-bond donors (Lipinski definition) is 0. The zero-order chi connectivity index (χ0) is 8.32. The summed E-state index contributed by atoms with van der Waals surface area (Å²) in [6, 6.07) is 0. The van der Waals surface area contributed by atoms with Crippen molar-refractivity contribution in [3.8, 4) is 0 Å². The molecule has 1 aliphatic rings. The van der Waals surface area contributed by atoms with Gasteiger partial charge in [-0.25, -0.2) is 0 Å². The molecule has 0 amide bonds. The third-order valence-electron chi connectivity index (χ3n) is 2.35. The van der Waals surface area contributed by atoms with Crippen LogP contribution in [0.25, 0.3) is 0 Å². The van der Waals surface area contributed by atoms with Crippen LogP contribution in [0.4, 0.5) is 0 Å². The van der Waals surface area contributed by atoms with Crippen LogP contribution in [0, 0.1) is 0 Å². The Hall–Kier alpha value is -0.340. The summed E-state index contributed by atoms with van der Waals surface area (Å²) in [6.45, 7) is 3.95. The van der Waals surface area contributed by atoms with Crippen LogP contribution < -0.4 is 0 Å². The molecule has 2 nitrogen and oxygen atoms in total. The van der Waals surface area contributed by atoms with Gasteiger partial charge in [0.15, 0.2) is 5.79 Å². The van der Waals surface area contributed by atoms with Crippen molar-refractivity contribution in [3.05, 3.63) is 12.2 Å². The molecule has 1 saturated carbocycles. The molecular formula is C9H16O2. The van der Waals surface area contributed by atoms with E-state index in [1.54, 1.807) is 14.2 Å². The van der Waals surface area contributed by atoms with Crippen molar-refractivity contribution in [1.82, 2.24) is 0 Å². The van der Waals surface area contributed by atoms with E-state index in [1.165, 1.54) is 5.57 Å². The van der Waals surface area contributed by atoms with Crippen molar-refractivity contribution in [2.45, 2.75) is 31.5 Å². The van der Waals surface area contributed by atoms with Crippen LogP contribution in [-0.4, -0.2) is 20.0 Å². The van der Waals surface area contributed by atoms with Gasteiger partial charge in [0.1, 0.15) is 0 Å². The highest BCUT2D eigenvalue weighted by molar-refractivity contribution is 5.02. The van der Waals surface area contributed by atoms with Crippen LogP contribution in [0.3, 0.4) is 0 Å². The lowest BCUT2D eigenvalue weighted by atomic mass is 9.90. The zero-order valence-corrected chi connectivity index (χ0v) is 7.35. The molecule has 1 rings (SSSR count). The van der Waals surface area contributed by atoms with Gasteiger partial charge in [-0.3, -0.25) is 0 Å². The maximum Gasteiger partial charge on any atom is 0.171 e. The van der Waals surface area contributed by atoms with Crippen molar-refractivity contribution in [2.75, 3.05) is 14.2 Å². The van der Waals surface area contributed by atoms with Crippen molar-refractivity contribution in [2.24, 2.45) is 0 Å². The van der Waals surface area contributed by atoms with Crippen LogP contribution in [-0.2, 0) is 9.47 Å². The highest BCUT2D eigenvalue weighted by Gasteiger charge is 2.32. The average Bonchev–Trinajstić information content (AvgIpc) is 2.04. The summed E-state index contributed by atoms with van der Waals surface area (Å²) >= 11 is 0.